The highest BCUT2D eigenvalue weighted by Crippen LogP contribution is 2.29. The van der Waals surface area contributed by atoms with Crippen molar-refractivity contribution < 1.29 is 4.79 Å². The molecule has 3 heteroatoms. The van der Waals surface area contributed by atoms with E-state index in [-0.39, 0.29) is 16.7 Å². The molecular weight excluding hydrogens is 246 g/mol. The summed E-state index contributed by atoms with van der Waals surface area (Å²) in [6.45, 7) is 13.6. The summed E-state index contributed by atoms with van der Waals surface area (Å²) in [6, 6.07) is 0. The number of rotatable bonds is 7. The average Bonchev–Trinajstić information content (AvgIpc) is 2.30. The molecule has 18 heavy (non-hydrogen) atoms. The molecule has 1 N–H and O–H groups in total. The standard InChI is InChI=1S/C15H30ClNO/c1-7-15(8-2,10-16)11-17-13(18)9-12(3)14(4,5)6/h12H,7-11H2,1-6H3,(H,17,18). The Balaban J connectivity index is 4.26. The lowest BCUT2D eigenvalue weighted by molar-refractivity contribution is -0.123. The first kappa shape index (κ1) is 17.8. The smallest absolute Gasteiger partial charge is 0.220 e. The summed E-state index contributed by atoms with van der Waals surface area (Å²) in [5.74, 6) is 1.13. The van der Waals surface area contributed by atoms with Gasteiger partial charge in [0.15, 0.2) is 0 Å². The van der Waals surface area contributed by atoms with E-state index in [1.165, 1.54) is 0 Å². The lowest BCUT2D eigenvalue weighted by atomic mass is 9.80. The van der Waals surface area contributed by atoms with Crippen molar-refractivity contribution in [1.82, 2.24) is 5.32 Å². The van der Waals surface area contributed by atoms with Gasteiger partial charge in [-0.3, -0.25) is 4.79 Å². The van der Waals surface area contributed by atoms with Gasteiger partial charge in [0.05, 0.1) is 0 Å². The number of carbonyl (C=O) groups is 1. The van der Waals surface area contributed by atoms with Crippen LogP contribution in [-0.2, 0) is 4.79 Å². The second-order valence-corrected chi connectivity index (χ2v) is 6.86. The maximum atomic E-state index is 11.9. The first-order valence-corrected chi connectivity index (χ1v) is 7.57. The van der Waals surface area contributed by atoms with E-state index in [0.29, 0.717) is 24.8 Å². The van der Waals surface area contributed by atoms with Crippen LogP contribution in [0.1, 0.15) is 60.8 Å². The Kier molecular flexibility index (Phi) is 7.28. The van der Waals surface area contributed by atoms with Crippen molar-refractivity contribution in [3.8, 4) is 0 Å². The summed E-state index contributed by atoms with van der Waals surface area (Å²) in [7, 11) is 0. The van der Waals surface area contributed by atoms with Crippen LogP contribution in [0, 0.1) is 16.7 Å². The molecule has 1 atom stereocenters. The van der Waals surface area contributed by atoms with Crippen LogP contribution in [0.15, 0.2) is 0 Å². The first-order valence-electron chi connectivity index (χ1n) is 7.03. The quantitative estimate of drug-likeness (QED) is 0.693. The molecule has 0 bridgehead atoms. The molecular formula is C15H30ClNO. The minimum atomic E-state index is 0.0577. The predicted molar refractivity (Wildman–Crippen MR) is 80.0 cm³/mol. The highest BCUT2D eigenvalue weighted by Gasteiger charge is 2.27. The van der Waals surface area contributed by atoms with Gasteiger partial charge in [0.2, 0.25) is 5.91 Å². The van der Waals surface area contributed by atoms with Gasteiger partial charge in [-0.2, -0.15) is 0 Å². The topological polar surface area (TPSA) is 29.1 Å². The number of hydrogen-bond acceptors (Lipinski definition) is 1. The zero-order chi connectivity index (χ0) is 14.4. The molecule has 0 saturated heterocycles. The Bertz CT molecular complexity index is 245. The minimum absolute atomic E-state index is 0.0577. The molecule has 0 aromatic carbocycles. The Labute approximate surface area is 118 Å². The van der Waals surface area contributed by atoms with Gasteiger partial charge in [-0.15, -0.1) is 11.6 Å². The Hall–Kier alpha value is -0.240. The van der Waals surface area contributed by atoms with Gasteiger partial charge in [-0.1, -0.05) is 41.5 Å². The summed E-state index contributed by atoms with van der Waals surface area (Å²) in [5.41, 5.74) is 0.235. The van der Waals surface area contributed by atoms with Gasteiger partial charge in [0, 0.05) is 24.3 Å². The highest BCUT2D eigenvalue weighted by atomic mass is 35.5. The third kappa shape index (κ3) is 5.60. The summed E-state index contributed by atoms with van der Waals surface area (Å²) < 4.78 is 0. The van der Waals surface area contributed by atoms with Crippen molar-refractivity contribution in [2.45, 2.75) is 60.8 Å². The fourth-order valence-electron chi connectivity index (χ4n) is 1.68. The van der Waals surface area contributed by atoms with Crippen molar-refractivity contribution >= 4 is 17.5 Å². The molecule has 0 saturated carbocycles. The number of hydrogen-bond donors (Lipinski definition) is 1. The fourth-order valence-corrected chi connectivity index (χ4v) is 2.15. The van der Waals surface area contributed by atoms with Crippen LogP contribution in [-0.4, -0.2) is 18.3 Å². The Morgan fingerprint density at radius 1 is 1.22 bits per heavy atom. The summed E-state index contributed by atoms with van der Waals surface area (Å²) >= 11 is 6.04. The number of amides is 1. The van der Waals surface area contributed by atoms with Crippen molar-refractivity contribution in [2.24, 2.45) is 16.7 Å². The van der Waals surface area contributed by atoms with E-state index >= 15 is 0 Å². The predicted octanol–water partition coefficient (Wildman–Crippen LogP) is 4.22. The minimum Gasteiger partial charge on any atom is -0.355 e. The molecule has 0 radical (unpaired) electrons. The van der Waals surface area contributed by atoms with Crippen LogP contribution < -0.4 is 5.32 Å². The number of nitrogens with one attached hydrogen (secondary N) is 1. The van der Waals surface area contributed by atoms with Gasteiger partial charge < -0.3 is 5.32 Å². The van der Waals surface area contributed by atoms with E-state index in [2.05, 4.69) is 46.9 Å². The molecule has 1 amide bonds. The fraction of sp³-hybridized carbons (Fsp3) is 0.933. The van der Waals surface area contributed by atoms with Gasteiger partial charge in [0.1, 0.15) is 0 Å². The van der Waals surface area contributed by atoms with E-state index in [1.807, 2.05) is 0 Å². The molecule has 0 spiro atoms. The monoisotopic (exact) mass is 275 g/mol. The highest BCUT2D eigenvalue weighted by molar-refractivity contribution is 6.18. The molecule has 0 aliphatic heterocycles. The average molecular weight is 276 g/mol. The molecule has 0 aliphatic rings. The molecule has 2 nitrogen and oxygen atoms in total. The van der Waals surface area contributed by atoms with Gasteiger partial charge in [0.25, 0.3) is 0 Å². The lowest BCUT2D eigenvalue weighted by Crippen LogP contribution is -2.39. The summed E-state index contributed by atoms with van der Waals surface area (Å²) in [5, 5.41) is 3.06. The number of halogens is 1. The molecule has 0 rings (SSSR count). The van der Waals surface area contributed by atoms with Crippen molar-refractivity contribution in [1.29, 1.82) is 0 Å². The summed E-state index contributed by atoms with van der Waals surface area (Å²) in [4.78, 5) is 11.9. The van der Waals surface area contributed by atoms with Gasteiger partial charge >= 0.3 is 0 Å². The number of alkyl halides is 1. The zero-order valence-corrected chi connectivity index (χ0v) is 13.7. The zero-order valence-electron chi connectivity index (χ0n) is 12.9. The molecule has 1 unspecified atom stereocenters. The van der Waals surface area contributed by atoms with E-state index in [9.17, 15) is 4.79 Å². The normalized spacial score (nSPS) is 14.4. The maximum Gasteiger partial charge on any atom is 0.220 e. The molecule has 0 heterocycles. The van der Waals surface area contributed by atoms with Crippen LogP contribution in [0.2, 0.25) is 0 Å². The van der Waals surface area contributed by atoms with E-state index in [1.54, 1.807) is 0 Å². The lowest BCUT2D eigenvalue weighted by Gasteiger charge is -2.31. The van der Waals surface area contributed by atoms with Crippen molar-refractivity contribution in [3.63, 3.8) is 0 Å². The second-order valence-electron chi connectivity index (χ2n) is 6.59. The summed E-state index contributed by atoms with van der Waals surface area (Å²) in [6.07, 6.45) is 2.60. The Morgan fingerprint density at radius 2 is 1.72 bits per heavy atom. The van der Waals surface area contributed by atoms with Crippen molar-refractivity contribution in [3.05, 3.63) is 0 Å². The number of carbonyl (C=O) groups excluding carboxylic acids is 1. The first-order chi connectivity index (χ1) is 8.20. The molecule has 0 fully saturated rings. The molecule has 108 valence electrons. The van der Waals surface area contributed by atoms with E-state index in [4.69, 9.17) is 11.6 Å². The largest absolute Gasteiger partial charge is 0.355 e. The van der Waals surface area contributed by atoms with Crippen LogP contribution in [0.25, 0.3) is 0 Å². The van der Waals surface area contributed by atoms with Crippen LogP contribution in [0.5, 0.6) is 0 Å². The van der Waals surface area contributed by atoms with E-state index in [0.717, 1.165) is 12.8 Å². The van der Waals surface area contributed by atoms with E-state index < -0.39 is 0 Å². The molecule has 0 aliphatic carbocycles. The molecule has 0 aromatic rings. The third-order valence-electron chi connectivity index (χ3n) is 4.41. The molecule has 0 aromatic heterocycles. The Morgan fingerprint density at radius 3 is 2.06 bits per heavy atom. The van der Waals surface area contributed by atoms with Crippen LogP contribution in [0.4, 0.5) is 0 Å². The third-order valence-corrected chi connectivity index (χ3v) is 4.98. The van der Waals surface area contributed by atoms with Crippen LogP contribution in [0.3, 0.4) is 0 Å². The SMILES string of the molecule is CCC(CC)(CCl)CNC(=O)CC(C)C(C)(C)C. The van der Waals surface area contributed by atoms with Gasteiger partial charge in [-0.25, -0.2) is 0 Å². The van der Waals surface area contributed by atoms with Gasteiger partial charge in [-0.05, 0) is 24.2 Å². The second kappa shape index (κ2) is 7.37. The van der Waals surface area contributed by atoms with Crippen LogP contribution >= 0.6 is 11.6 Å². The maximum absolute atomic E-state index is 11.9. The van der Waals surface area contributed by atoms with Crippen molar-refractivity contribution in [2.75, 3.05) is 12.4 Å².